The standard InChI is InChI=1S/C22H27N5O/c1-27(2)14-13-23-22-25-20(18-7-5-4-6-8-18)15-21(26-22)24-16-17-9-11-19(28-3)12-10-17/h4-12,15H,13-14,16H2,1-3H3,(H2,23,24,25,26). The normalized spacial score (nSPS) is 10.7. The van der Waals surface area contributed by atoms with Crippen LogP contribution in [-0.4, -0.2) is 49.2 Å². The second-order valence-electron chi connectivity index (χ2n) is 6.76. The van der Waals surface area contributed by atoms with Gasteiger partial charge in [0.1, 0.15) is 11.6 Å². The van der Waals surface area contributed by atoms with E-state index in [4.69, 9.17) is 4.74 Å². The van der Waals surface area contributed by atoms with E-state index in [1.54, 1.807) is 7.11 Å². The Balaban J connectivity index is 1.77. The molecule has 3 rings (SSSR count). The molecule has 6 heteroatoms. The van der Waals surface area contributed by atoms with E-state index < -0.39 is 0 Å². The first kappa shape index (κ1) is 19.6. The van der Waals surface area contributed by atoms with Crippen molar-refractivity contribution in [3.8, 4) is 17.0 Å². The number of likely N-dealkylation sites (N-methyl/N-ethyl adjacent to an activating group) is 1. The molecule has 1 aromatic heterocycles. The van der Waals surface area contributed by atoms with Crippen LogP contribution in [0.5, 0.6) is 5.75 Å². The first-order valence-electron chi connectivity index (χ1n) is 9.34. The first-order chi connectivity index (χ1) is 13.6. The van der Waals surface area contributed by atoms with Gasteiger partial charge in [0.25, 0.3) is 0 Å². The van der Waals surface area contributed by atoms with Gasteiger partial charge in [0.2, 0.25) is 5.95 Å². The van der Waals surface area contributed by atoms with Gasteiger partial charge in [0, 0.05) is 31.3 Å². The number of anilines is 2. The lowest BCUT2D eigenvalue weighted by Crippen LogP contribution is -2.21. The molecule has 0 spiro atoms. The van der Waals surface area contributed by atoms with Crippen molar-refractivity contribution in [2.45, 2.75) is 6.54 Å². The summed E-state index contributed by atoms with van der Waals surface area (Å²) in [6.45, 7) is 2.36. The van der Waals surface area contributed by atoms with E-state index in [-0.39, 0.29) is 0 Å². The molecule has 2 N–H and O–H groups in total. The van der Waals surface area contributed by atoms with Gasteiger partial charge >= 0.3 is 0 Å². The quantitative estimate of drug-likeness (QED) is 0.592. The highest BCUT2D eigenvalue weighted by Gasteiger charge is 2.07. The SMILES string of the molecule is COc1ccc(CNc2cc(-c3ccccc3)nc(NCCN(C)C)n2)cc1. The summed E-state index contributed by atoms with van der Waals surface area (Å²) in [5.74, 6) is 2.27. The molecule has 0 atom stereocenters. The molecule has 1 heterocycles. The highest BCUT2D eigenvalue weighted by molar-refractivity contribution is 5.64. The molecule has 146 valence electrons. The molecule has 0 amide bonds. The summed E-state index contributed by atoms with van der Waals surface area (Å²) in [6.07, 6.45) is 0. The Morgan fingerprint density at radius 2 is 1.68 bits per heavy atom. The summed E-state index contributed by atoms with van der Waals surface area (Å²) in [5.41, 5.74) is 3.11. The summed E-state index contributed by atoms with van der Waals surface area (Å²) in [6, 6.07) is 20.1. The van der Waals surface area contributed by atoms with E-state index in [1.165, 1.54) is 0 Å². The molecule has 3 aromatic rings. The minimum Gasteiger partial charge on any atom is -0.497 e. The Hall–Kier alpha value is -3.12. The van der Waals surface area contributed by atoms with Gasteiger partial charge in [-0.2, -0.15) is 4.98 Å². The molecule has 28 heavy (non-hydrogen) atoms. The van der Waals surface area contributed by atoms with E-state index in [0.29, 0.717) is 12.5 Å². The number of benzene rings is 2. The zero-order chi connectivity index (χ0) is 19.8. The van der Waals surface area contributed by atoms with Crippen LogP contribution in [0.2, 0.25) is 0 Å². The molecule has 0 aliphatic carbocycles. The van der Waals surface area contributed by atoms with Crippen molar-refractivity contribution >= 4 is 11.8 Å². The molecule has 6 nitrogen and oxygen atoms in total. The first-order valence-corrected chi connectivity index (χ1v) is 9.34. The second-order valence-corrected chi connectivity index (χ2v) is 6.76. The number of ether oxygens (including phenoxy) is 1. The maximum absolute atomic E-state index is 5.21. The van der Waals surface area contributed by atoms with Crippen LogP contribution < -0.4 is 15.4 Å². The van der Waals surface area contributed by atoms with Crippen LogP contribution in [-0.2, 0) is 6.54 Å². The summed E-state index contributed by atoms with van der Waals surface area (Å²) in [7, 11) is 5.76. The van der Waals surface area contributed by atoms with Crippen molar-refractivity contribution in [1.82, 2.24) is 14.9 Å². The smallest absolute Gasteiger partial charge is 0.225 e. The van der Waals surface area contributed by atoms with Gasteiger partial charge in [-0.25, -0.2) is 4.98 Å². The fraction of sp³-hybridized carbons (Fsp3) is 0.273. The highest BCUT2D eigenvalue weighted by atomic mass is 16.5. The second kappa shape index (κ2) is 9.71. The van der Waals surface area contributed by atoms with E-state index in [1.807, 2.05) is 62.6 Å². The lowest BCUT2D eigenvalue weighted by Gasteiger charge is -2.13. The highest BCUT2D eigenvalue weighted by Crippen LogP contribution is 2.22. The number of nitrogens with one attached hydrogen (secondary N) is 2. The Morgan fingerprint density at radius 3 is 2.36 bits per heavy atom. The van der Waals surface area contributed by atoms with Gasteiger partial charge < -0.3 is 20.3 Å². The van der Waals surface area contributed by atoms with Gasteiger partial charge in [0.15, 0.2) is 0 Å². The summed E-state index contributed by atoms with van der Waals surface area (Å²) >= 11 is 0. The van der Waals surface area contributed by atoms with Crippen molar-refractivity contribution in [3.63, 3.8) is 0 Å². The van der Waals surface area contributed by atoms with Crippen LogP contribution in [0.3, 0.4) is 0 Å². The maximum Gasteiger partial charge on any atom is 0.225 e. The van der Waals surface area contributed by atoms with E-state index in [9.17, 15) is 0 Å². The van der Waals surface area contributed by atoms with Crippen molar-refractivity contribution in [1.29, 1.82) is 0 Å². The predicted octanol–water partition coefficient (Wildman–Crippen LogP) is 3.74. The predicted molar refractivity (Wildman–Crippen MR) is 115 cm³/mol. The largest absolute Gasteiger partial charge is 0.497 e. The number of hydrogen-bond donors (Lipinski definition) is 2. The lowest BCUT2D eigenvalue weighted by atomic mass is 10.1. The Labute approximate surface area is 166 Å². The fourth-order valence-corrected chi connectivity index (χ4v) is 2.70. The van der Waals surface area contributed by atoms with Crippen LogP contribution in [0.4, 0.5) is 11.8 Å². The molecule has 0 aliphatic rings. The molecule has 0 saturated carbocycles. The van der Waals surface area contributed by atoms with Crippen LogP contribution in [0.15, 0.2) is 60.7 Å². The van der Waals surface area contributed by atoms with Crippen molar-refractivity contribution in [2.24, 2.45) is 0 Å². The third kappa shape index (κ3) is 5.69. The van der Waals surface area contributed by atoms with E-state index in [0.717, 1.165) is 41.5 Å². The number of rotatable bonds is 9. The molecule has 0 aliphatic heterocycles. The molecule has 0 saturated heterocycles. The number of hydrogen-bond acceptors (Lipinski definition) is 6. The van der Waals surface area contributed by atoms with Crippen LogP contribution in [0, 0.1) is 0 Å². The third-order valence-corrected chi connectivity index (χ3v) is 4.27. The molecule has 2 aromatic carbocycles. The molecular formula is C22H27N5O. The molecule has 0 radical (unpaired) electrons. The topological polar surface area (TPSA) is 62.3 Å². The van der Waals surface area contributed by atoms with Gasteiger partial charge in [-0.3, -0.25) is 0 Å². The molecule has 0 bridgehead atoms. The Morgan fingerprint density at radius 1 is 0.929 bits per heavy atom. The van der Waals surface area contributed by atoms with E-state index >= 15 is 0 Å². The van der Waals surface area contributed by atoms with Crippen LogP contribution in [0.25, 0.3) is 11.3 Å². The summed E-state index contributed by atoms with van der Waals surface area (Å²) < 4.78 is 5.21. The zero-order valence-electron chi connectivity index (χ0n) is 16.6. The average molecular weight is 377 g/mol. The maximum atomic E-state index is 5.21. The number of aromatic nitrogens is 2. The summed E-state index contributed by atoms with van der Waals surface area (Å²) in [5, 5.41) is 6.73. The zero-order valence-corrected chi connectivity index (χ0v) is 16.6. The van der Waals surface area contributed by atoms with E-state index in [2.05, 4.69) is 37.6 Å². The molecule has 0 unspecified atom stereocenters. The van der Waals surface area contributed by atoms with Gasteiger partial charge in [0.05, 0.1) is 12.8 Å². The van der Waals surface area contributed by atoms with Crippen molar-refractivity contribution < 1.29 is 4.74 Å². The lowest BCUT2D eigenvalue weighted by molar-refractivity contribution is 0.414. The molecule has 0 fully saturated rings. The summed E-state index contributed by atoms with van der Waals surface area (Å²) in [4.78, 5) is 11.4. The third-order valence-electron chi connectivity index (χ3n) is 4.27. The van der Waals surface area contributed by atoms with Crippen molar-refractivity contribution in [3.05, 3.63) is 66.2 Å². The van der Waals surface area contributed by atoms with Gasteiger partial charge in [-0.05, 0) is 31.8 Å². The van der Waals surface area contributed by atoms with Gasteiger partial charge in [-0.15, -0.1) is 0 Å². The van der Waals surface area contributed by atoms with Gasteiger partial charge in [-0.1, -0.05) is 42.5 Å². The number of methoxy groups -OCH3 is 1. The van der Waals surface area contributed by atoms with Crippen LogP contribution >= 0.6 is 0 Å². The number of nitrogens with zero attached hydrogens (tertiary/aromatic N) is 3. The van der Waals surface area contributed by atoms with Crippen LogP contribution in [0.1, 0.15) is 5.56 Å². The fourth-order valence-electron chi connectivity index (χ4n) is 2.70. The molecular weight excluding hydrogens is 350 g/mol. The average Bonchev–Trinajstić information content (AvgIpc) is 2.73. The van der Waals surface area contributed by atoms with Crippen molar-refractivity contribution in [2.75, 3.05) is 44.9 Å². The Bertz CT molecular complexity index is 866. The minimum absolute atomic E-state index is 0.625. The minimum atomic E-state index is 0.625. The monoisotopic (exact) mass is 377 g/mol. The Kier molecular flexibility index (Phi) is 6.81.